The molecule has 0 unspecified atom stereocenters. The molecular weight excluding hydrogens is 306 g/mol. The third kappa shape index (κ3) is 5.18. The Morgan fingerprint density at radius 1 is 1.22 bits per heavy atom. The number of benzene rings is 2. The maximum atomic E-state index is 12.4. The predicted octanol–water partition coefficient (Wildman–Crippen LogP) is 4.29. The third-order valence-corrected chi connectivity index (χ3v) is 4.25. The summed E-state index contributed by atoms with van der Waals surface area (Å²) >= 11 is 1.61. The molecule has 23 heavy (non-hydrogen) atoms. The highest BCUT2D eigenvalue weighted by molar-refractivity contribution is 7.99. The van der Waals surface area contributed by atoms with E-state index in [-0.39, 0.29) is 5.91 Å². The molecule has 0 atom stereocenters. The van der Waals surface area contributed by atoms with Gasteiger partial charge in [-0.25, -0.2) is 0 Å². The third-order valence-electron chi connectivity index (χ3n) is 3.18. The van der Waals surface area contributed by atoms with Crippen LogP contribution >= 0.6 is 11.8 Å². The van der Waals surface area contributed by atoms with Gasteiger partial charge in [-0.3, -0.25) is 4.79 Å². The van der Waals surface area contributed by atoms with Crippen molar-refractivity contribution < 1.29 is 9.53 Å². The van der Waals surface area contributed by atoms with Crippen molar-refractivity contribution in [2.24, 2.45) is 0 Å². The summed E-state index contributed by atoms with van der Waals surface area (Å²) in [7, 11) is 0. The molecule has 0 fully saturated rings. The van der Waals surface area contributed by atoms with E-state index < -0.39 is 0 Å². The first-order chi connectivity index (χ1) is 11.2. The van der Waals surface area contributed by atoms with Gasteiger partial charge in [-0.05, 0) is 36.8 Å². The molecule has 0 saturated carbocycles. The number of carbonyl (C=O) groups excluding carboxylic acids is 1. The number of hydrogen-bond donors (Lipinski definition) is 1. The van der Waals surface area contributed by atoms with E-state index in [0.29, 0.717) is 18.7 Å². The summed E-state index contributed by atoms with van der Waals surface area (Å²) in [5, 5.41) is 2.96. The minimum Gasteiger partial charge on any atom is -0.494 e. The quantitative estimate of drug-likeness (QED) is 0.580. The Hall–Kier alpha value is -2.20. The molecule has 0 heterocycles. The molecule has 0 aliphatic carbocycles. The number of nitrogens with one attached hydrogen (secondary N) is 1. The number of ether oxygens (including phenoxy) is 1. The molecule has 1 amide bonds. The molecule has 0 radical (unpaired) electrons. The molecular formula is C19H21NO2S. The average Bonchev–Trinajstić information content (AvgIpc) is 2.59. The Morgan fingerprint density at radius 3 is 2.65 bits per heavy atom. The van der Waals surface area contributed by atoms with E-state index >= 15 is 0 Å². The van der Waals surface area contributed by atoms with E-state index in [1.165, 1.54) is 0 Å². The van der Waals surface area contributed by atoms with Crippen molar-refractivity contribution in [3.05, 3.63) is 72.3 Å². The fourth-order valence-corrected chi connectivity index (χ4v) is 2.87. The topological polar surface area (TPSA) is 38.3 Å². The Balaban J connectivity index is 1.98. The van der Waals surface area contributed by atoms with Crippen LogP contribution in [0.5, 0.6) is 5.75 Å². The molecule has 2 rings (SSSR count). The Labute approximate surface area is 141 Å². The Morgan fingerprint density at radius 2 is 1.96 bits per heavy atom. The summed E-state index contributed by atoms with van der Waals surface area (Å²) in [6, 6.07) is 15.4. The van der Waals surface area contributed by atoms with Crippen LogP contribution in [0, 0.1) is 0 Å². The first-order valence-corrected chi connectivity index (χ1v) is 8.55. The highest BCUT2D eigenvalue weighted by Crippen LogP contribution is 2.22. The van der Waals surface area contributed by atoms with Crippen LogP contribution in [0.1, 0.15) is 22.8 Å². The second-order valence-electron chi connectivity index (χ2n) is 4.86. The molecule has 120 valence electrons. The van der Waals surface area contributed by atoms with Crippen molar-refractivity contribution in [1.29, 1.82) is 0 Å². The average molecular weight is 327 g/mol. The maximum Gasteiger partial charge on any atom is 0.252 e. The molecule has 4 heteroatoms. The zero-order chi connectivity index (χ0) is 16.5. The molecule has 2 aromatic carbocycles. The van der Waals surface area contributed by atoms with E-state index in [2.05, 4.69) is 11.9 Å². The number of hydrogen-bond acceptors (Lipinski definition) is 3. The van der Waals surface area contributed by atoms with E-state index in [1.54, 1.807) is 11.8 Å². The highest BCUT2D eigenvalue weighted by Gasteiger charge is 2.10. The fourth-order valence-electron chi connectivity index (χ4n) is 2.08. The summed E-state index contributed by atoms with van der Waals surface area (Å²) in [5.41, 5.74) is 1.74. The number of rotatable bonds is 8. The van der Waals surface area contributed by atoms with Crippen LogP contribution < -0.4 is 10.1 Å². The SMILES string of the molecule is C=CCSc1ccccc1C(=O)NCc1ccc(OCC)cc1. The zero-order valence-corrected chi connectivity index (χ0v) is 14.1. The highest BCUT2D eigenvalue weighted by atomic mass is 32.2. The second-order valence-corrected chi connectivity index (χ2v) is 5.92. The maximum absolute atomic E-state index is 12.4. The van der Waals surface area contributed by atoms with E-state index in [9.17, 15) is 4.79 Å². The van der Waals surface area contributed by atoms with Crippen molar-refractivity contribution in [2.75, 3.05) is 12.4 Å². The van der Waals surface area contributed by atoms with Crippen LogP contribution in [0.15, 0.2) is 66.1 Å². The lowest BCUT2D eigenvalue weighted by Crippen LogP contribution is -2.23. The minimum atomic E-state index is -0.0638. The van der Waals surface area contributed by atoms with Crippen molar-refractivity contribution in [3.8, 4) is 5.75 Å². The van der Waals surface area contributed by atoms with Gasteiger partial charge >= 0.3 is 0 Å². The molecule has 0 aliphatic heterocycles. The summed E-state index contributed by atoms with van der Waals surface area (Å²) in [6.07, 6.45) is 1.83. The normalized spacial score (nSPS) is 10.1. The molecule has 0 saturated heterocycles. The Kier molecular flexibility index (Phi) is 6.76. The lowest BCUT2D eigenvalue weighted by Gasteiger charge is -2.10. The zero-order valence-electron chi connectivity index (χ0n) is 13.2. The van der Waals surface area contributed by atoms with Gasteiger partial charge in [0.2, 0.25) is 0 Å². The van der Waals surface area contributed by atoms with Crippen LogP contribution in [0.2, 0.25) is 0 Å². The van der Waals surface area contributed by atoms with Crippen LogP contribution in [-0.4, -0.2) is 18.3 Å². The van der Waals surface area contributed by atoms with E-state index in [0.717, 1.165) is 22.0 Å². The number of carbonyl (C=O) groups is 1. The van der Waals surface area contributed by atoms with Crippen molar-refractivity contribution in [1.82, 2.24) is 5.32 Å². The van der Waals surface area contributed by atoms with Crippen LogP contribution in [0.4, 0.5) is 0 Å². The molecule has 0 bridgehead atoms. The molecule has 1 N–H and O–H groups in total. The van der Waals surface area contributed by atoms with Gasteiger partial charge in [-0.2, -0.15) is 0 Å². The van der Waals surface area contributed by atoms with Crippen molar-refractivity contribution >= 4 is 17.7 Å². The number of thioether (sulfide) groups is 1. The summed E-state index contributed by atoms with van der Waals surface area (Å²) in [6.45, 7) is 6.81. The van der Waals surface area contributed by atoms with Crippen LogP contribution in [0.25, 0.3) is 0 Å². The Bertz CT molecular complexity index is 653. The van der Waals surface area contributed by atoms with Gasteiger partial charge in [0.25, 0.3) is 5.91 Å². The van der Waals surface area contributed by atoms with Crippen LogP contribution in [-0.2, 0) is 6.54 Å². The number of amides is 1. The molecule has 3 nitrogen and oxygen atoms in total. The van der Waals surface area contributed by atoms with E-state index in [1.807, 2.05) is 61.5 Å². The molecule has 2 aromatic rings. The lowest BCUT2D eigenvalue weighted by atomic mass is 10.2. The summed E-state index contributed by atoms with van der Waals surface area (Å²) < 4.78 is 5.41. The van der Waals surface area contributed by atoms with Gasteiger partial charge < -0.3 is 10.1 Å². The van der Waals surface area contributed by atoms with Gasteiger partial charge in [0.05, 0.1) is 12.2 Å². The first-order valence-electron chi connectivity index (χ1n) is 7.57. The molecule has 0 spiro atoms. The molecule has 0 aromatic heterocycles. The lowest BCUT2D eigenvalue weighted by molar-refractivity contribution is 0.0948. The van der Waals surface area contributed by atoms with Gasteiger partial charge in [0.1, 0.15) is 5.75 Å². The van der Waals surface area contributed by atoms with Crippen molar-refractivity contribution in [2.45, 2.75) is 18.4 Å². The van der Waals surface area contributed by atoms with Gasteiger partial charge in [-0.1, -0.05) is 30.3 Å². The second kappa shape index (κ2) is 9.06. The van der Waals surface area contributed by atoms with E-state index in [4.69, 9.17) is 4.74 Å². The fraction of sp³-hybridized carbons (Fsp3) is 0.211. The largest absolute Gasteiger partial charge is 0.494 e. The van der Waals surface area contributed by atoms with Crippen molar-refractivity contribution in [3.63, 3.8) is 0 Å². The first kappa shape index (κ1) is 17.2. The standard InChI is InChI=1S/C19H21NO2S/c1-3-13-23-18-8-6-5-7-17(18)19(21)20-14-15-9-11-16(12-10-15)22-4-2/h3,5-12H,1,4,13-14H2,2H3,(H,20,21). The summed E-state index contributed by atoms with van der Waals surface area (Å²) in [4.78, 5) is 13.4. The summed E-state index contributed by atoms with van der Waals surface area (Å²) in [5.74, 6) is 1.56. The van der Waals surface area contributed by atoms with Gasteiger partial charge in [-0.15, -0.1) is 18.3 Å². The minimum absolute atomic E-state index is 0.0638. The van der Waals surface area contributed by atoms with Gasteiger partial charge in [0.15, 0.2) is 0 Å². The molecule has 0 aliphatic rings. The van der Waals surface area contributed by atoms with Gasteiger partial charge in [0, 0.05) is 17.2 Å². The monoisotopic (exact) mass is 327 g/mol. The van der Waals surface area contributed by atoms with Crippen LogP contribution in [0.3, 0.4) is 0 Å². The predicted molar refractivity (Wildman–Crippen MR) is 96.1 cm³/mol. The smallest absolute Gasteiger partial charge is 0.252 e.